The summed E-state index contributed by atoms with van der Waals surface area (Å²) in [6, 6.07) is 5.74. The highest BCUT2D eigenvalue weighted by molar-refractivity contribution is 5.73. The lowest BCUT2D eigenvalue weighted by Gasteiger charge is -2.07. The Bertz CT molecular complexity index is 321. The maximum atomic E-state index is 10.5. The van der Waals surface area contributed by atoms with E-state index in [-0.39, 0.29) is 6.42 Å². The minimum absolute atomic E-state index is 0.0673. The molecule has 0 saturated carbocycles. The van der Waals surface area contributed by atoms with Crippen molar-refractivity contribution in [1.82, 2.24) is 0 Å². The molecule has 0 aliphatic heterocycles. The van der Waals surface area contributed by atoms with Gasteiger partial charge in [0.25, 0.3) is 0 Å². The van der Waals surface area contributed by atoms with Gasteiger partial charge in [-0.2, -0.15) is 0 Å². The molecule has 0 amide bonds. The number of hydrogen-bond donors (Lipinski definition) is 2. The first kappa shape index (κ1) is 9.58. The van der Waals surface area contributed by atoms with Crippen LogP contribution in [0.15, 0.2) is 18.2 Å². The number of nitrogens with one attached hydrogen (secondary N) is 1. The Hall–Kier alpha value is -1.51. The van der Waals surface area contributed by atoms with Gasteiger partial charge in [-0.15, -0.1) is 0 Å². The Kier molecular flexibility index (Phi) is 2.90. The number of rotatable bonds is 3. The van der Waals surface area contributed by atoms with Crippen molar-refractivity contribution in [1.29, 1.82) is 0 Å². The molecule has 0 aromatic heterocycles. The molecule has 0 fully saturated rings. The number of hydrogen-bond acceptors (Lipinski definition) is 2. The molecule has 1 aromatic carbocycles. The third-order valence-electron chi connectivity index (χ3n) is 1.87. The van der Waals surface area contributed by atoms with E-state index < -0.39 is 5.97 Å². The molecule has 0 unspecified atom stereocenters. The van der Waals surface area contributed by atoms with Crippen LogP contribution < -0.4 is 5.32 Å². The van der Waals surface area contributed by atoms with E-state index in [9.17, 15) is 4.79 Å². The van der Waals surface area contributed by atoms with Crippen LogP contribution in [0.5, 0.6) is 0 Å². The molecule has 0 spiro atoms. The number of benzene rings is 1. The van der Waals surface area contributed by atoms with Crippen LogP contribution in [0.2, 0.25) is 0 Å². The van der Waals surface area contributed by atoms with Crippen molar-refractivity contribution in [3.05, 3.63) is 29.3 Å². The van der Waals surface area contributed by atoms with Crippen LogP contribution in [0.1, 0.15) is 11.1 Å². The van der Waals surface area contributed by atoms with Crippen LogP contribution in [0.4, 0.5) is 5.69 Å². The highest BCUT2D eigenvalue weighted by Crippen LogP contribution is 2.17. The normalized spacial score (nSPS) is 9.69. The van der Waals surface area contributed by atoms with Crippen molar-refractivity contribution in [2.45, 2.75) is 13.3 Å². The van der Waals surface area contributed by atoms with Gasteiger partial charge in [-0.05, 0) is 18.6 Å². The monoisotopic (exact) mass is 179 g/mol. The molecule has 1 aromatic rings. The first-order chi connectivity index (χ1) is 6.13. The lowest BCUT2D eigenvalue weighted by atomic mass is 10.1. The highest BCUT2D eigenvalue weighted by Gasteiger charge is 2.05. The Balaban J connectivity index is 3.01. The van der Waals surface area contributed by atoms with E-state index in [1.165, 1.54) is 0 Å². The molecule has 0 heterocycles. The standard InChI is InChI=1S/C10H13NO2/c1-7-3-4-9(11-2)8(5-7)6-10(12)13/h3-5,11H,6H2,1-2H3,(H,12,13). The van der Waals surface area contributed by atoms with E-state index in [2.05, 4.69) is 5.32 Å². The predicted octanol–water partition coefficient (Wildman–Crippen LogP) is 1.66. The summed E-state index contributed by atoms with van der Waals surface area (Å²) in [6.07, 6.45) is 0.0673. The fourth-order valence-corrected chi connectivity index (χ4v) is 1.28. The van der Waals surface area contributed by atoms with Gasteiger partial charge in [0.1, 0.15) is 0 Å². The Morgan fingerprint density at radius 3 is 2.77 bits per heavy atom. The van der Waals surface area contributed by atoms with Crippen LogP contribution in [-0.2, 0) is 11.2 Å². The molecule has 2 N–H and O–H groups in total. The largest absolute Gasteiger partial charge is 0.481 e. The third-order valence-corrected chi connectivity index (χ3v) is 1.87. The Labute approximate surface area is 77.4 Å². The van der Waals surface area contributed by atoms with Gasteiger partial charge in [0.15, 0.2) is 0 Å². The third kappa shape index (κ3) is 2.47. The average molecular weight is 179 g/mol. The van der Waals surface area contributed by atoms with Gasteiger partial charge in [-0.1, -0.05) is 17.7 Å². The molecule has 0 radical (unpaired) electrons. The second-order valence-electron chi connectivity index (χ2n) is 2.98. The highest BCUT2D eigenvalue weighted by atomic mass is 16.4. The number of anilines is 1. The van der Waals surface area contributed by atoms with E-state index in [1.807, 2.05) is 25.1 Å². The summed E-state index contributed by atoms with van der Waals surface area (Å²) in [5.74, 6) is -0.804. The van der Waals surface area contributed by atoms with E-state index in [0.717, 1.165) is 16.8 Å². The molecule has 1 rings (SSSR count). The maximum Gasteiger partial charge on any atom is 0.307 e. The van der Waals surface area contributed by atoms with Crippen LogP contribution in [0, 0.1) is 6.92 Å². The molecule has 0 aliphatic rings. The van der Waals surface area contributed by atoms with Gasteiger partial charge in [-0.3, -0.25) is 4.79 Å². The molecular weight excluding hydrogens is 166 g/mol. The number of carboxylic acids is 1. The van der Waals surface area contributed by atoms with Gasteiger partial charge in [0, 0.05) is 12.7 Å². The Morgan fingerprint density at radius 1 is 1.54 bits per heavy atom. The van der Waals surface area contributed by atoms with Crippen molar-refractivity contribution in [2.24, 2.45) is 0 Å². The minimum Gasteiger partial charge on any atom is -0.481 e. The zero-order valence-corrected chi connectivity index (χ0v) is 7.79. The van der Waals surface area contributed by atoms with Crippen LogP contribution in [0.25, 0.3) is 0 Å². The second kappa shape index (κ2) is 3.94. The topological polar surface area (TPSA) is 49.3 Å². The van der Waals surface area contributed by atoms with Crippen molar-refractivity contribution in [3.8, 4) is 0 Å². The lowest BCUT2D eigenvalue weighted by molar-refractivity contribution is -0.136. The van der Waals surface area contributed by atoms with Crippen molar-refractivity contribution in [2.75, 3.05) is 12.4 Å². The van der Waals surface area contributed by atoms with E-state index in [0.29, 0.717) is 0 Å². The summed E-state index contributed by atoms with van der Waals surface area (Å²) >= 11 is 0. The van der Waals surface area contributed by atoms with E-state index in [4.69, 9.17) is 5.11 Å². The summed E-state index contributed by atoms with van der Waals surface area (Å²) < 4.78 is 0. The summed E-state index contributed by atoms with van der Waals surface area (Å²) in [7, 11) is 1.79. The fraction of sp³-hybridized carbons (Fsp3) is 0.300. The van der Waals surface area contributed by atoms with Crippen molar-refractivity contribution < 1.29 is 9.90 Å². The SMILES string of the molecule is CNc1ccc(C)cc1CC(=O)O. The number of aliphatic carboxylic acids is 1. The molecule has 3 heteroatoms. The molecule has 3 nitrogen and oxygen atoms in total. The van der Waals surface area contributed by atoms with E-state index in [1.54, 1.807) is 7.05 Å². The smallest absolute Gasteiger partial charge is 0.307 e. The first-order valence-electron chi connectivity index (χ1n) is 4.12. The van der Waals surface area contributed by atoms with Crippen LogP contribution in [0.3, 0.4) is 0 Å². The summed E-state index contributed by atoms with van der Waals surface area (Å²) in [6.45, 7) is 1.95. The number of carboxylic acid groups (broad SMARTS) is 1. The molecule has 13 heavy (non-hydrogen) atoms. The van der Waals surface area contributed by atoms with E-state index >= 15 is 0 Å². The fourth-order valence-electron chi connectivity index (χ4n) is 1.28. The Morgan fingerprint density at radius 2 is 2.23 bits per heavy atom. The average Bonchev–Trinajstić information content (AvgIpc) is 2.03. The lowest BCUT2D eigenvalue weighted by Crippen LogP contribution is -2.03. The minimum atomic E-state index is -0.804. The zero-order valence-electron chi connectivity index (χ0n) is 7.79. The second-order valence-corrected chi connectivity index (χ2v) is 2.98. The molecular formula is C10H13NO2. The van der Waals surface area contributed by atoms with Crippen LogP contribution in [-0.4, -0.2) is 18.1 Å². The van der Waals surface area contributed by atoms with Crippen LogP contribution >= 0.6 is 0 Å². The number of aryl methyl sites for hydroxylation is 1. The van der Waals surface area contributed by atoms with Gasteiger partial charge in [0.05, 0.1) is 6.42 Å². The molecule has 0 bridgehead atoms. The zero-order chi connectivity index (χ0) is 9.84. The predicted molar refractivity (Wildman–Crippen MR) is 52.1 cm³/mol. The maximum absolute atomic E-state index is 10.5. The summed E-state index contributed by atoms with van der Waals surface area (Å²) in [5.41, 5.74) is 2.79. The van der Waals surface area contributed by atoms with Gasteiger partial charge in [-0.25, -0.2) is 0 Å². The molecule has 70 valence electrons. The van der Waals surface area contributed by atoms with Gasteiger partial charge >= 0.3 is 5.97 Å². The summed E-state index contributed by atoms with van der Waals surface area (Å²) in [4.78, 5) is 10.5. The molecule has 0 atom stereocenters. The first-order valence-corrected chi connectivity index (χ1v) is 4.12. The number of carbonyl (C=O) groups is 1. The molecule has 0 aliphatic carbocycles. The quantitative estimate of drug-likeness (QED) is 0.742. The van der Waals surface area contributed by atoms with Gasteiger partial charge < -0.3 is 10.4 Å². The van der Waals surface area contributed by atoms with Crippen molar-refractivity contribution >= 4 is 11.7 Å². The summed E-state index contributed by atoms with van der Waals surface area (Å²) in [5, 5.41) is 11.6. The molecule has 0 saturated heterocycles. The van der Waals surface area contributed by atoms with Gasteiger partial charge in [0.2, 0.25) is 0 Å². The van der Waals surface area contributed by atoms with Crippen molar-refractivity contribution in [3.63, 3.8) is 0 Å².